The molecule has 0 radical (unpaired) electrons. The number of nitrogens with zero attached hydrogens (tertiary/aromatic N) is 1. The van der Waals surface area contributed by atoms with E-state index in [0.29, 0.717) is 11.3 Å². The Bertz CT molecular complexity index is 1430. The molecule has 0 fully saturated rings. The highest BCUT2D eigenvalue weighted by Crippen LogP contribution is 2.40. The van der Waals surface area contributed by atoms with Gasteiger partial charge in [-0.3, -0.25) is 0 Å². The van der Waals surface area contributed by atoms with E-state index in [9.17, 15) is 21.6 Å². The third kappa shape index (κ3) is 4.90. The Hall–Kier alpha value is -3.04. The molecular formula is C25H22F3NO3S2. The molecule has 1 heterocycles. The van der Waals surface area contributed by atoms with Crippen LogP contribution in [0.15, 0.2) is 72.1 Å². The van der Waals surface area contributed by atoms with Crippen LogP contribution in [0.3, 0.4) is 0 Å². The van der Waals surface area contributed by atoms with Crippen LogP contribution in [0, 0.1) is 5.82 Å². The maximum Gasteiger partial charge on any atom is 0.387 e. The lowest BCUT2D eigenvalue weighted by Crippen LogP contribution is -2.26. The zero-order valence-corrected chi connectivity index (χ0v) is 20.3. The Morgan fingerprint density at radius 2 is 1.62 bits per heavy atom. The van der Waals surface area contributed by atoms with Gasteiger partial charge >= 0.3 is 6.61 Å². The summed E-state index contributed by atoms with van der Waals surface area (Å²) in [6.07, 6.45) is 1.05. The predicted molar refractivity (Wildman–Crippen MR) is 130 cm³/mol. The summed E-state index contributed by atoms with van der Waals surface area (Å²) in [4.78, 5) is 0. The van der Waals surface area contributed by atoms with Crippen LogP contribution in [-0.2, 0) is 15.4 Å². The van der Waals surface area contributed by atoms with Crippen molar-refractivity contribution in [3.05, 3.63) is 89.1 Å². The van der Waals surface area contributed by atoms with E-state index in [1.807, 2.05) is 31.4 Å². The molecule has 4 rings (SSSR count). The number of benzene rings is 3. The van der Waals surface area contributed by atoms with Crippen LogP contribution in [0.5, 0.6) is 5.75 Å². The van der Waals surface area contributed by atoms with E-state index in [1.54, 1.807) is 30.3 Å². The van der Waals surface area contributed by atoms with Crippen molar-refractivity contribution < 1.29 is 26.3 Å². The molecule has 4 nitrogen and oxygen atoms in total. The molecule has 4 aromatic rings. The predicted octanol–water partition coefficient (Wildman–Crippen LogP) is 7.07. The van der Waals surface area contributed by atoms with Gasteiger partial charge in [0.25, 0.3) is 0 Å². The molecule has 9 heteroatoms. The molecule has 0 atom stereocenters. The number of thiophene rings is 1. The molecule has 3 aromatic carbocycles. The molecule has 1 aromatic heterocycles. The van der Waals surface area contributed by atoms with E-state index in [2.05, 4.69) is 4.74 Å². The molecule has 34 heavy (non-hydrogen) atoms. The average molecular weight is 506 g/mol. The monoisotopic (exact) mass is 505 g/mol. The molecule has 0 aliphatic rings. The SMILES string of the molecule is CC(C)(c1ccc(F)cc1)c1cc(OC(F)F)cc(N(c2ccc3sccc3c2)S(C)(=O)=O)c1. The normalized spacial score (nSPS) is 12.3. The highest BCUT2D eigenvalue weighted by molar-refractivity contribution is 7.92. The van der Waals surface area contributed by atoms with Crippen molar-refractivity contribution >= 4 is 42.8 Å². The molecule has 0 aliphatic carbocycles. The first kappa shape index (κ1) is 24.1. The van der Waals surface area contributed by atoms with Crippen molar-refractivity contribution in [1.29, 1.82) is 0 Å². The van der Waals surface area contributed by atoms with Crippen LogP contribution in [0.25, 0.3) is 10.1 Å². The van der Waals surface area contributed by atoms with Gasteiger partial charge < -0.3 is 4.74 Å². The maximum absolute atomic E-state index is 13.5. The Morgan fingerprint density at radius 1 is 0.912 bits per heavy atom. The molecule has 0 bridgehead atoms. The summed E-state index contributed by atoms with van der Waals surface area (Å²) in [6.45, 7) is 0.590. The molecule has 0 spiro atoms. The Balaban J connectivity index is 1.91. The van der Waals surface area contributed by atoms with Gasteiger partial charge in [-0.2, -0.15) is 8.78 Å². The second kappa shape index (κ2) is 8.96. The summed E-state index contributed by atoms with van der Waals surface area (Å²) in [5.74, 6) is -0.579. The number of fused-ring (bicyclic) bond motifs is 1. The second-order valence-electron chi connectivity index (χ2n) is 8.40. The molecule has 0 aliphatic heterocycles. The fourth-order valence-corrected chi connectivity index (χ4v) is 5.63. The molecular weight excluding hydrogens is 483 g/mol. The zero-order valence-electron chi connectivity index (χ0n) is 18.6. The number of hydrogen-bond donors (Lipinski definition) is 0. The number of anilines is 2. The highest BCUT2D eigenvalue weighted by Gasteiger charge is 2.28. The van der Waals surface area contributed by atoms with Crippen LogP contribution in [-0.4, -0.2) is 21.3 Å². The lowest BCUT2D eigenvalue weighted by atomic mass is 9.78. The molecule has 0 saturated carbocycles. The first-order chi connectivity index (χ1) is 15.9. The van der Waals surface area contributed by atoms with Gasteiger partial charge in [0.1, 0.15) is 11.6 Å². The van der Waals surface area contributed by atoms with E-state index in [4.69, 9.17) is 0 Å². The van der Waals surface area contributed by atoms with Gasteiger partial charge in [-0.15, -0.1) is 11.3 Å². The first-order valence-electron chi connectivity index (χ1n) is 10.3. The van der Waals surface area contributed by atoms with Crippen molar-refractivity contribution in [1.82, 2.24) is 0 Å². The van der Waals surface area contributed by atoms with E-state index in [-0.39, 0.29) is 11.4 Å². The summed E-state index contributed by atoms with van der Waals surface area (Å²) in [6, 6.07) is 17.3. The number of hydrogen-bond acceptors (Lipinski definition) is 4. The minimum Gasteiger partial charge on any atom is -0.435 e. The van der Waals surface area contributed by atoms with Crippen molar-refractivity contribution in [2.45, 2.75) is 25.9 Å². The quantitative estimate of drug-likeness (QED) is 0.270. The molecule has 0 N–H and O–H groups in total. The van der Waals surface area contributed by atoms with E-state index >= 15 is 0 Å². The number of rotatable bonds is 7. The van der Waals surface area contributed by atoms with Crippen molar-refractivity contribution in [2.75, 3.05) is 10.6 Å². The van der Waals surface area contributed by atoms with Crippen LogP contribution in [0.1, 0.15) is 25.0 Å². The van der Waals surface area contributed by atoms with Crippen molar-refractivity contribution in [3.8, 4) is 5.75 Å². The minimum atomic E-state index is -3.86. The van der Waals surface area contributed by atoms with Crippen LogP contribution in [0.2, 0.25) is 0 Å². The standard InChI is InChI=1S/C25H22F3NO3S2/c1-25(2,17-4-6-19(26)7-5-17)18-13-21(15-22(14-18)32-24(27)28)29(34(3,30)31)20-8-9-23-16(12-20)10-11-33-23/h4-15,24H,1-3H3. The zero-order chi connectivity index (χ0) is 24.7. The molecule has 0 saturated heterocycles. The van der Waals surface area contributed by atoms with Gasteiger partial charge in [0.05, 0.1) is 17.6 Å². The number of ether oxygens (including phenoxy) is 1. The Morgan fingerprint density at radius 3 is 2.26 bits per heavy atom. The average Bonchev–Trinajstić information content (AvgIpc) is 3.20. The van der Waals surface area contributed by atoms with Crippen molar-refractivity contribution in [3.63, 3.8) is 0 Å². The molecule has 178 valence electrons. The fourth-order valence-electron chi connectivity index (χ4n) is 3.88. The van der Waals surface area contributed by atoms with Gasteiger partial charge in [-0.25, -0.2) is 17.1 Å². The summed E-state index contributed by atoms with van der Waals surface area (Å²) in [5.41, 5.74) is 0.996. The molecule has 0 amide bonds. The topological polar surface area (TPSA) is 46.6 Å². The van der Waals surface area contributed by atoms with Crippen LogP contribution >= 0.6 is 11.3 Å². The van der Waals surface area contributed by atoms with Gasteiger partial charge in [0.15, 0.2) is 0 Å². The summed E-state index contributed by atoms with van der Waals surface area (Å²) >= 11 is 1.53. The van der Waals surface area contributed by atoms with Crippen LogP contribution < -0.4 is 9.04 Å². The third-order valence-electron chi connectivity index (χ3n) is 5.64. The van der Waals surface area contributed by atoms with Gasteiger partial charge in [0, 0.05) is 16.2 Å². The Kier molecular flexibility index (Phi) is 6.35. The highest BCUT2D eigenvalue weighted by atomic mass is 32.2. The van der Waals surface area contributed by atoms with E-state index < -0.39 is 27.9 Å². The second-order valence-corrected chi connectivity index (χ2v) is 11.2. The number of sulfonamides is 1. The minimum absolute atomic E-state index is 0.153. The van der Waals surface area contributed by atoms with Gasteiger partial charge in [-0.1, -0.05) is 26.0 Å². The maximum atomic E-state index is 13.5. The number of alkyl halides is 2. The summed E-state index contributed by atoms with van der Waals surface area (Å²) in [5, 5.41) is 2.77. The lowest BCUT2D eigenvalue weighted by Gasteiger charge is -2.29. The number of halogens is 3. The lowest BCUT2D eigenvalue weighted by molar-refractivity contribution is -0.0498. The van der Waals surface area contributed by atoms with Gasteiger partial charge in [0.2, 0.25) is 10.0 Å². The summed E-state index contributed by atoms with van der Waals surface area (Å²) < 4.78 is 72.4. The third-order valence-corrected chi connectivity index (χ3v) is 7.62. The van der Waals surface area contributed by atoms with Crippen LogP contribution in [0.4, 0.5) is 24.5 Å². The largest absolute Gasteiger partial charge is 0.435 e. The first-order valence-corrected chi connectivity index (χ1v) is 13.0. The fraction of sp³-hybridized carbons (Fsp3) is 0.200. The van der Waals surface area contributed by atoms with Gasteiger partial charge in [-0.05, 0) is 70.4 Å². The Labute approximate surface area is 200 Å². The van der Waals surface area contributed by atoms with E-state index in [0.717, 1.165) is 26.2 Å². The molecule has 0 unspecified atom stereocenters. The van der Waals surface area contributed by atoms with Crippen molar-refractivity contribution in [2.24, 2.45) is 0 Å². The summed E-state index contributed by atoms with van der Waals surface area (Å²) in [7, 11) is -3.86. The smallest absolute Gasteiger partial charge is 0.387 e. The van der Waals surface area contributed by atoms with E-state index in [1.165, 1.54) is 35.6 Å².